The number of aryl methyl sites for hydroxylation is 1. The van der Waals surface area contributed by atoms with Crippen molar-refractivity contribution in [3.8, 4) is 5.75 Å². The van der Waals surface area contributed by atoms with Crippen LogP contribution in [-0.2, 0) is 4.74 Å². The van der Waals surface area contributed by atoms with Crippen LogP contribution in [-0.4, -0.2) is 31.5 Å². The molecule has 9 heteroatoms. The van der Waals surface area contributed by atoms with Crippen LogP contribution in [0.1, 0.15) is 43.8 Å². The van der Waals surface area contributed by atoms with Gasteiger partial charge in [0.15, 0.2) is 0 Å². The molecule has 0 saturated heterocycles. The van der Waals surface area contributed by atoms with Gasteiger partial charge in [-0.25, -0.2) is 4.79 Å². The molecule has 3 N–H and O–H groups in total. The Hall–Kier alpha value is -3.00. The van der Waals surface area contributed by atoms with Crippen LogP contribution in [0.4, 0.5) is 5.88 Å². The largest absolute Gasteiger partial charge is 0.496 e. The van der Waals surface area contributed by atoms with Crippen LogP contribution in [0.3, 0.4) is 0 Å². The second-order valence-electron chi connectivity index (χ2n) is 5.12. The van der Waals surface area contributed by atoms with E-state index in [1.54, 1.807) is 13.0 Å². The molecule has 26 heavy (non-hydrogen) atoms. The molecule has 0 aliphatic heterocycles. The van der Waals surface area contributed by atoms with Gasteiger partial charge in [0.25, 0.3) is 11.8 Å². The van der Waals surface area contributed by atoms with Crippen molar-refractivity contribution in [3.05, 3.63) is 45.7 Å². The summed E-state index contributed by atoms with van der Waals surface area (Å²) < 4.78 is 15.4. The number of amides is 2. The number of carbonyl (C=O) groups excluding carboxylic acids is 3. The Balaban J connectivity index is 2.46. The molecule has 1 aromatic heterocycles. The van der Waals surface area contributed by atoms with Gasteiger partial charge in [0.1, 0.15) is 22.6 Å². The van der Waals surface area contributed by atoms with Crippen LogP contribution >= 0.6 is 11.6 Å². The van der Waals surface area contributed by atoms with E-state index in [1.165, 1.54) is 26.2 Å². The highest BCUT2D eigenvalue weighted by atomic mass is 35.5. The zero-order chi connectivity index (χ0) is 19.4. The second-order valence-corrected chi connectivity index (χ2v) is 5.56. The SMILES string of the molecule is CCOC(=O)c1c(C)oc(NC(=O)c2cc(Cl)ccc2OC)c1C(N)=O. The van der Waals surface area contributed by atoms with E-state index in [1.807, 2.05) is 0 Å². The number of furan rings is 1. The predicted molar refractivity (Wildman–Crippen MR) is 93.9 cm³/mol. The van der Waals surface area contributed by atoms with Gasteiger partial charge in [-0.2, -0.15) is 0 Å². The lowest BCUT2D eigenvalue weighted by Crippen LogP contribution is -2.20. The van der Waals surface area contributed by atoms with Gasteiger partial charge < -0.3 is 19.6 Å². The summed E-state index contributed by atoms with van der Waals surface area (Å²) in [4.78, 5) is 36.4. The fraction of sp³-hybridized carbons (Fsp3) is 0.235. The highest BCUT2D eigenvalue weighted by Gasteiger charge is 2.29. The number of halogens is 1. The van der Waals surface area contributed by atoms with Gasteiger partial charge >= 0.3 is 5.97 Å². The lowest BCUT2D eigenvalue weighted by atomic mass is 10.1. The van der Waals surface area contributed by atoms with Crippen molar-refractivity contribution in [1.29, 1.82) is 0 Å². The van der Waals surface area contributed by atoms with Crippen LogP contribution in [0.25, 0.3) is 0 Å². The molecular weight excluding hydrogens is 364 g/mol. The number of ether oxygens (including phenoxy) is 2. The predicted octanol–water partition coefficient (Wildman–Crippen LogP) is 2.78. The summed E-state index contributed by atoms with van der Waals surface area (Å²) in [5.74, 6) is -2.28. The van der Waals surface area contributed by atoms with Crippen molar-refractivity contribution >= 4 is 35.3 Å². The van der Waals surface area contributed by atoms with Crippen molar-refractivity contribution < 1.29 is 28.3 Å². The van der Waals surface area contributed by atoms with Crippen molar-refractivity contribution in [2.45, 2.75) is 13.8 Å². The molecule has 2 aromatic rings. The summed E-state index contributed by atoms with van der Waals surface area (Å²) in [7, 11) is 1.39. The van der Waals surface area contributed by atoms with E-state index in [0.717, 1.165) is 0 Å². The number of nitrogens with two attached hydrogens (primary N) is 1. The number of anilines is 1. The lowest BCUT2D eigenvalue weighted by Gasteiger charge is -2.09. The molecule has 8 nitrogen and oxygen atoms in total. The highest BCUT2D eigenvalue weighted by Crippen LogP contribution is 2.29. The molecule has 0 aliphatic rings. The average Bonchev–Trinajstić information content (AvgIpc) is 2.91. The molecule has 0 radical (unpaired) electrons. The molecule has 0 saturated carbocycles. The first kappa shape index (κ1) is 19.3. The fourth-order valence-electron chi connectivity index (χ4n) is 2.34. The van der Waals surface area contributed by atoms with E-state index >= 15 is 0 Å². The van der Waals surface area contributed by atoms with E-state index < -0.39 is 17.8 Å². The second kappa shape index (κ2) is 7.92. The Morgan fingerprint density at radius 1 is 1.27 bits per heavy atom. The lowest BCUT2D eigenvalue weighted by molar-refractivity contribution is 0.0521. The number of hydrogen-bond acceptors (Lipinski definition) is 6. The van der Waals surface area contributed by atoms with Gasteiger partial charge in [0.2, 0.25) is 5.88 Å². The molecule has 2 rings (SSSR count). The van der Waals surface area contributed by atoms with Gasteiger partial charge in [-0.3, -0.25) is 14.9 Å². The maximum atomic E-state index is 12.6. The summed E-state index contributed by atoms with van der Waals surface area (Å²) in [6.07, 6.45) is 0. The number of methoxy groups -OCH3 is 1. The smallest absolute Gasteiger partial charge is 0.342 e. The fourth-order valence-corrected chi connectivity index (χ4v) is 2.52. The number of esters is 1. The molecular formula is C17H17ClN2O6. The highest BCUT2D eigenvalue weighted by molar-refractivity contribution is 6.31. The molecule has 0 unspecified atom stereocenters. The van der Waals surface area contributed by atoms with Crippen molar-refractivity contribution in [2.75, 3.05) is 19.0 Å². The van der Waals surface area contributed by atoms with Crippen molar-refractivity contribution in [3.63, 3.8) is 0 Å². The summed E-state index contributed by atoms with van der Waals surface area (Å²) in [5, 5.41) is 2.73. The topological polar surface area (TPSA) is 121 Å². The summed E-state index contributed by atoms with van der Waals surface area (Å²) in [5.41, 5.74) is 5.07. The molecule has 0 spiro atoms. The minimum absolute atomic E-state index is 0.0885. The first-order valence-electron chi connectivity index (χ1n) is 7.55. The zero-order valence-electron chi connectivity index (χ0n) is 14.3. The molecule has 0 fully saturated rings. The number of hydrogen-bond donors (Lipinski definition) is 2. The van der Waals surface area contributed by atoms with E-state index in [-0.39, 0.29) is 40.7 Å². The molecule has 1 aromatic carbocycles. The Labute approximate surface area is 154 Å². The third kappa shape index (κ3) is 3.80. The third-order valence-corrected chi connectivity index (χ3v) is 3.68. The Morgan fingerprint density at radius 2 is 1.96 bits per heavy atom. The van der Waals surface area contributed by atoms with Gasteiger partial charge in [0.05, 0.1) is 19.3 Å². The number of nitrogens with one attached hydrogen (secondary N) is 1. The molecule has 2 amide bonds. The molecule has 138 valence electrons. The van der Waals surface area contributed by atoms with Crippen LogP contribution < -0.4 is 15.8 Å². The van der Waals surface area contributed by atoms with Gasteiger partial charge in [-0.05, 0) is 32.0 Å². The number of benzene rings is 1. The van der Waals surface area contributed by atoms with Crippen molar-refractivity contribution in [1.82, 2.24) is 0 Å². The van der Waals surface area contributed by atoms with Gasteiger partial charge in [0, 0.05) is 5.02 Å². The maximum absolute atomic E-state index is 12.6. The van der Waals surface area contributed by atoms with E-state index in [2.05, 4.69) is 5.32 Å². The van der Waals surface area contributed by atoms with Crippen LogP contribution in [0, 0.1) is 6.92 Å². The molecule has 1 heterocycles. The van der Waals surface area contributed by atoms with E-state index in [0.29, 0.717) is 5.02 Å². The van der Waals surface area contributed by atoms with Crippen molar-refractivity contribution in [2.24, 2.45) is 5.73 Å². The molecule has 0 bridgehead atoms. The standard InChI is InChI=1S/C17H17ClN2O6/c1-4-25-17(23)12-8(2)26-16(13(12)14(19)21)20-15(22)10-7-9(18)5-6-11(10)24-3/h5-7H,4H2,1-3H3,(H2,19,21)(H,20,22). The Bertz CT molecular complexity index is 874. The minimum atomic E-state index is -0.946. The van der Waals surface area contributed by atoms with E-state index in [4.69, 9.17) is 31.2 Å². The van der Waals surface area contributed by atoms with Crippen LogP contribution in [0.2, 0.25) is 5.02 Å². The zero-order valence-corrected chi connectivity index (χ0v) is 15.1. The Kier molecular flexibility index (Phi) is 5.89. The normalized spacial score (nSPS) is 10.3. The maximum Gasteiger partial charge on any atom is 0.342 e. The summed E-state index contributed by atoms with van der Waals surface area (Å²) in [6, 6.07) is 4.47. The van der Waals surface area contributed by atoms with E-state index in [9.17, 15) is 14.4 Å². The number of primary amides is 1. The van der Waals surface area contributed by atoms with Crippen LogP contribution in [0.5, 0.6) is 5.75 Å². The number of carbonyl (C=O) groups is 3. The summed E-state index contributed by atoms with van der Waals surface area (Å²) in [6.45, 7) is 3.17. The molecule has 0 atom stereocenters. The Morgan fingerprint density at radius 3 is 2.54 bits per heavy atom. The first-order chi connectivity index (χ1) is 12.3. The van der Waals surface area contributed by atoms with Gasteiger partial charge in [-0.15, -0.1) is 0 Å². The third-order valence-electron chi connectivity index (χ3n) is 3.44. The van der Waals surface area contributed by atoms with Gasteiger partial charge in [-0.1, -0.05) is 11.6 Å². The summed E-state index contributed by atoms with van der Waals surface area (Å²) >= 11 is 5.91. The number of rotatable bonds is 6. The minimum Gasteiger partial charge on any atom is -0.496 e. The van der Waals surface area contributed by atoms with Crippen LogP contribution in [0.15, 0.2) is 22.6 Å². The monoisotopic (exact) mass is 380 g/mol. The first-order valence-corrected chi connectivity index (χ1v) is 7.93. The average molecular weight is 381 g/mol. The molecule has 0 aliphatic carbocycles. The quantitative estimate of drug-likeness (QED) is 0.743.